The second kappa shape index (κ2) is 6.39. The van der Waals surface area contributed by atoms with E-state index < -0.39 is 11.9 Å². The maximum absolute atomic E-state index is 12.4. The van der Waals surface area contributed by atoms with Crippen LogP contribution in [0.25, 0.3) is 0 Å². The zero-order valence-corrected chi connectivity index (χ0v) is 12.7. The quantitative estimate of drug-likeness (QED) is 0.877. The molecule has 3 unspecified atom stereocenters. The Labute approximate surface area is 123 Å². The highest BCUT2D eigenvalue weighted by Gasteiger charge is 2.42. The Morgan fingerprint density at radius 1 is 1.45 bits per heavy atom. The van der Waals surface area contributed by atoms with Gasteiger partial charge in [-0.15, -0.1) is 11.3 Å². The summed E-state index contributed by atoms with van der Waals surface area (Å²) < 4.78 is 0. The third kappa shape index (κ3) is 3.20. The maximum atomic E-state index is 12.4. The monoisotopic (exact) mass is 295 g/mol. The summed E-state index contributed by atoms with van der Waals surface area (Å²) in [4.78, 5) is 24.8. The van der Waals surface area contributed by atoms with Crippen LogP contribution in [0.15, 0.2) is 17.5 Å². The summed E-state index contributed by atoms with van der Waals surface area (Å²) in [5.74, 6) is -1.53. The molecule has 0 bridgehead atoms. The molecule has 2 rings (SSSR count). The summed E-state index contributed by atoms with van der Waals surface area (Å²) in [7, 11) is 0. The Kier molecular flexibility index (Phi) is 4.81. The summed E-state index contributed by atoms with van der Waals surface area (Å²) in [6.45, 7) is 3.99. The number of rotatable bonds is 5. The van der Waals surface area contributed by atoms with Gasteiger partial charge in [0.15, 0.2) is 0 Å². The number of amides is 1. The number of carbonyl (C=O) groups is 2. The average molecular weight is 295 g/mol. The van der Waals surface area contributed by atoms with E-state index in [-0.39, 0.29) is 17.9 Å². The Morgan fingerprint density at radius 3 is 2.70 bits per heavy atom. The molecule has 1 amide bonds. The average Bonchev–Trinajstić information content (AvgIpc) is 3.07. The molecule has 20 heavy (non-hydrogen) atoms. The first-order chi connectivity index (χ1) is 9.52. The van der Waals surface area contributed by atoms with Gasteiger partial charge in [-0.1, -0.05) is 19.4 Å². The van der Waals surface area contributed by atoms with Crippen LogP contribution in [-0.4, -0.2) is 17.0 Å². The van der Waals surface area contributed by atoms with Crippen molar-refractivity contribution >= 4 is 23.2 Å². The van der Waals surface area contributed by atoms with Gasteiger partial charge in [0, 0.05) is 4.88 Å². The van der Waals surface area contributed by atoms with Gasteiger partial charge in [0.2, 0.25) is 5.91 Å². The SMILES string of the molecule is CCC1CC(C(=O)O)C(C(=O)N[C@H](C)c2cccs2)C1. The molecule has 0 aliphatic heterocycles. The number of hydrogen-bond acceptors (Lipinski definition) is 3. The maximum Gasteiger partial charge on any atom is 0.307 e. The normalized spacial score (nSPS) is 27.2. The number of thiophene rings is 1. The van der Waals surface area contributed by atoms with Crippen molar-refractivity contribution in [3.05, 3.63) is 22.4 Å². The molecule has 2 N–H and O–H groups in total. The highest BCUT2D eigenvalue weighted by molar-refractivity contribution is 7.10. The number of carboxylic acid groups (broad SMARTS) is 1. The van der Waals surface area contributed by atoms with Crippen molar-refractivity contribution in [2.45, 2.75) is 39.2 Å². The molecule has 1 aromatic heterocycles. The molecule has 0 spiro atoms. The van der Waals surface area contributed by atoms with Crippen LogP contribution in [0.4, 0.5) is 0 Å². The minimum atomic E-state index is -0.843. The van der Waals surface area contributed by atoms with Crippen molar-refractivity contribution in [3.63, 3.8) is 0 Å². The van der Waals surface area contributed by atoms with Crippen LogP contribution in [-0.2, 0) is 9.59 Å². The molecule has 0 aromatic carbocycles. The van der Waals surface area contributed by atoms with Gasteiger partial charge in [-0.2, -0.15) is 0 Å². The Hall–Kier alpha value is -1.36. The summed E-state index contributed by atoms with van der Waals surface area (Å²) >= 11 is 1.60. The Morgan fingerprint density at radius 2 is 2.15 bits per heavy atom. The van der Waals surface area contributed by atoms with E-state index in [1.54, 1.807) is 11.3 Å². The molecule has 1 aliphatic rings. The van der Waals surface area contributed by atoms with Crippen LogP contribution < -0.4 is 5.32 Å². The number of hydrogen-bond donors (Lipinski definition) is 2. The van der Waals surface area contributed by atoms with Gasteiger partial charge in [-0.25, -0.2) is 0 Å². The minimum Gasteiger partial charge on any atom is -0.481 e. The fraction of sp³-hybridized carbons (Fsp3) is 0.600. The smallest absolute Gasteiger partial charge is 0.307 e. The van der Waals surface area contributed by atoms with E-state index in [1.165, 1.54) is 0 Å². The molecule has 110 valence electrons. The lowest BCUT2D eigenvalue weighted by Gasteiger charge is -2.19. The largest absolute Gasteiger partial charge is 0.481 e. The van der Waals surface area contributed by atoms with E-state index in [4.69, 9.17) is 0 Å². The summed E-state index contributed by atoms with van der Waals surface area (Å²) in [6.07, 6.45) is 2.25. The third-order valence-corrected chi connectivity index (χ3v) is 5.28. The first-order valence-corrected chi connectivity index (χ1v) is 7.97. The second-order valence-electron chi connectivity index (χ2n) is 5.54. The van der Waals surface area contributed by atoms with Gasteiger partial charge in [0.25, 0.3) is 0 Å². The highest BCUT2D eigenvalue weighted by atomic mass is 32.1. The van der Waals surface area contributed by atoms with Crippen LogP contribution in [0.2, 0.25) is 0 Å². The Bertz CT molecular complexity index is 471. The summed E-state index contributed by atoms with van der Waals surface area (Å²) in [5, 5.41) is 14.2. The van der Waals surface area contributed by atoms with Crippen molar-refractivity contribution in [1.29, 1.82) is 0 Å². The zero-order chi connectivity index (χ0) is 14.7. The lowest BCUT2D eigenvalue weighted by atomic mass is 9.95. The molecule has 1 aromatic rings. The fourth-order valence-corrected chi connectivity index (χ4v) is 3.70. The van der Waals surface area contributed by atoms with Crippen LogP contribution in [0.5, 0.6) is 0 Å². The van der Waals surface area contributed by atoms with Crippen molar-refractivity contribution in [3.8, 4) is 0 Å². The first kappa shape index (κ1) is 15.0. The van der Waals surface area contributed by atoms with Gasteiger partial charge < -0.3 is 10.4 Å². The lowest BCUT2D eigenvalue weighted by molar-refractivity contribution is -0.146. The lowest BCUT2D eigenvalue weighted by Crippen LogP contribution is -2.36. The van der Waals surface area contributed by atoms with Gasteiger partial charge >= 0.3 is 5.97 Å². The second-order valence-corrected chi connectivity index (χ2v) is 6.52. The van der Waals surface area contributed by atoms with Crippen LogP contribution in [0.3, 0.4) is 0 Å². The summed E-state index contributed by atoms with van der Waals surface area (Å²) in [5.41, 5.74) is 0. The van der Waals surface area contributed by atoms with E-state index in [2.05, 4.69) is 12.2 Å². The molecule has 1 saturated carbocycles. The van der Waals surface area contributed by atoms with Crippen molar-refractivity contribution in [2.75, 3.05) is 0 Å². The van der Waals surface area contributed by atoms with E-state index in [0.717, 1.165) is 11.3 Å². The van der Waals surface area contributed by atoms with Gasteiger partial charge in [0.05, 0.1) is 17.9 Å². The van der Waals surface area contributed by atoms with Gasteiger partial charge in [-0.3, -0.25) is 9.59 Å². The van der Waals surface area contributed by atoms with Crippen LogP contribution in [0, 0.1) is 17.8 Å². The first-order valence-electron chi connectivity index (χ1n) is 7.09. The standard InChI is InChI=1S/C15H21NO3S/c1-3-10-7-11(12(8-10)15(18)19)14(17)16-9(2)13-5-4-6-20-13/h4-6,9-12H,3,7-8H2,1-2H3,(H,16,17)(H,18,19)/t9-,10?,11?,12?/m1/s1. The molecule has 4 nitrogen and oxygen atoms in total. The zero-order valence-electron chi connectivity index (χ0n) is 11.8. The van der Waals surface area contributed by atoms with E-state index >= 15 is 0 Å². The Balaban J connectivity index is 2.02. The molecule has 4 atom stereocenters. The van der Waals surface area contributed by atoms with Crippen molar-refractivity contribution in [1.82, 2.24) is 5.32 Å². The fourth-order valence-electron chi connectivity index (χ4n) is 2.97. The van der Waals surface area contributed by atoms with Crippen LogP contribution in [0.1, 0.15) is 44.0 Å². The molecular weight excluding hydrogens is 274 g/mol. The van der Waals surface area contributed by atoms with Gasteiger partial charge in [-0.05, 0) is 37.1 Å². The van der Waals surface area contributed by atoms with E-state index in [9.17, 15) is 14.7 Å². The predicted octanol–water partition coefficient (Wildman–Crippen LogP) is 3.06. The number of nitrogens with one attached hydrogen (secondary N) is 1. The van der Waals surface area contributed by atoms with E-state index in [1.807, 2.05) is 24.4 Å². The minimum absolute atomic E-state index is 0.0578. The van der Waals surface area contributed by atoms with Crippen molar-refractivity contribution in [2.24, 2.45) is 17.8 Å². The molecule has 0 saturated heterocycles. The molecule has 5 heteroatoms. The van der Waals surface area contributed by atoms with Crippen LogP contribution >= 0.6 is 11.3 Å². The molecule has 0 radical (unpaired) electrons. The van der Waals surface area contributed by atoms with Crippen molar-refractivity contribution < 1.29 is 14.7 Å². The molecule has 1 fully saturated rings. The topological polar surface area (TPSA) is 66.4 Å². The number of aliphatic carboxylic acids is 1. The number of carboxylic acids is 1. The summed E-state index contributed by atoms with van der Waals surface area (Å²) in [6, 6.07) is 3.87. The molecule has 1 aliphatic carbocycles. The molecular formula is C15H21NO3S. The van der Waals surface area contributed by atoms with E-state index in [0.29, 0.717) is 18.8 Å². The highest BCUT2D eigenvalue weighted by Crippen LogP contribution is 2.38. The van der Waals surface area contributed by atoms with Gasteiger partial charge in [0.1, 0.15) is 0 Å². The predicted molar refractivity (Wildman–Crippen MR) is 78.5 cm³/mol. The third-order valence-electron chi connectivity index (χ3n) is 4.22. The molecule has 1 heterocycles. The number of carbonyl (C=O) groups excluding carboxylic acids is 1.